The lowest BCUT2D eigenvalue weighted by atomic mass is 10.1. The third-order valence-corrected chi connectivity index (χ3v) is 3.94. The predicted octanol–water partition coefficient (Wildman–Crippen LogP) is 3.48. The molecule has 2 aromatic rings. The van der Waals surface area contributed by atoms with Crippen molar-refractivity contribution >= 4 is 23.3 Å². The molecule has 22 heavy (non-hydrogen) atoms. The van der Waals surface area contributed by atoms with Crippen molar-refractivity contribution in [3.63, 3.8) is 0 Å². The first kappa shape index (κ1) is 14.7. The summed E-state index contributed by atoms with van der Waals surface area (Å²) in [5.74, 6) is -0.611. The summed E-state index contributed by atoms with van der Waals surface area (Å²) >= 11 is 6.06. The molecular weight excluding hydrogens is 302 g/mol. The van der Waals surface area contributed by atoms with E-state index in [1.165, 1.54) is 11.6 Å². The number of fused-ring (bicyclic) bond motifs is 1. The number of carboxylic acid groups (broad SMARTS) is 1. The van der Waals surface area contributed by atoms with E-state index < -0.39 is 5.97 Å². The van der Waals surface area contributed by atoms with Gasteiger partial charge in [-0.1, -0.05) is 41.9 Å². The van der Waals surface area contributed by atoms with Gasteiger partial charge in [-0.05, 0) is 24.1 Å². The van der Waals surface area contributed by atoms with Crippen molar-refractivity contribution < 1.29 is 14.6 Å². The number of carboxylic acids is 1. The van der Waals surface area contributed by atoms with Crippen LogP contribution in [0.25, 0.3) is 0 Å². The quantitative estimate of drug-likeness (QED) is 0.938. The van der Waals surface area contributed by atoms with E-state index in [4.69, 9.17) is 16.3 Å². The fraction of sp³-hybridized carbons (Fsp3) is 0.235. The molecule has 0 amide bonds. The second-order valence-corrected chi connectivity index (χ2v) is 5.61. The van der Waals surface area contributed by atoms with Crippen LogP contribution in [0.1, 0.15) is 15.9 Å². The Morgan fingerprint density at radius 2 is 2.05 bits per heavy atom. The number of rotatable bonds is 4. The zero-order valence-electron chi connectivity index (χ0n) is 12.0. The Bertz CT molecular complexity index is 688. The molecule has 0 unspecified atom stereocenters. The topological polar surface area (TPSA) is 49.8 Å². The number of carbonyl (C=O) groups is 1. The zero-order chi connectivity index (χ0) is 15.5. The van der Waals surface area contributed by atoms with Crippen LogP contribution < -0.4 is 9.64 Å². The van der Waals surface area contributed by atoms with Gasteiger partial charge in [-0.3, -0.25) is 0 Å². The van der Waals surface area contributed by atoms with Crippen molar-refractivity contribution in [2.24, 2.45) is 0 Å². The van der Waals surface area contributed by atoms with Crippen LogP contribution in [0, 0.1) is 0 Å². The molecule has 1 aliphatic heterocycles. The summed E-state index contributed by atoms with van der Waals surface area (Å²) in [6.07, 6.45) is 0.884. The van der Waals surface area contributed by atoms with E-state index in [0.717, 1.165) is 25.2 Å². The second kappa shape index (κ2) is 6.28. The van der Waals surface area contributed by atoms with Crippen molar-refractivity contribution in [3.05, 3.63) is 58.6 Å². The lowest BCUT2D eigenvalue weighted by molar-refractivity contribution is 0.0692. The van der Waals surface area contributed by atoms with Crippen LogP contribution in [0.15, 0.2) is 42.5 Å². The molecule has 114 valence electrons. The monoisotopic (exact) mass is 317 g/mol. The molecular formula is C17H16ClNO3. The van der Waals surface area contributed by atoms with Crippen LogP contribution in [-0.2, 0) is 6.42 Å². The van der Waals surface area contributed by atoms with Crippen molar-refractivity contribution in [1.82, 2.24) is 0 Å². The Morgan fingerprint density at radius 1 is 1.27 bits per heavy atom. The summed E-state index contributed by atoms with van der Waals surface area (Å²) in [7, 11) is 0. The molecule has 2 aromatic carbocycles. The molecule has 0 saturated carbocycles. The lowest BCUT2D eigenvalue weighted by Crippen LogP contribution is -2.35. The maximum Gasteiger partial charge on any atom is 0.339 e. The summed E-state index contributed by atoms with van der Waals surface area (Å²) < 4.78 is 5.57. The van der Waals surface area contributed by atoms with E-state index in [0.29, 0.717) is 17.4 Å². The van der Waals surface area contributed by atoms with Crippen LogP contribution >= 0.6 is 11.6 Å². The number of benzene rings is 2. The lowest BCUT2D eigenvalue weighted by Gasteiger charge is -2.32. The summed E-state index contributed by atoms with van der Waals surface area (Å²) in [5.41, 5.74) is 2.12. The second-order valence-electron chi connectivity index (χ2n) is 5.18. The Morgan fingerprint density at radius 3 is 2.77 bits per heavy atom. The molecule has 0 saturated heterocycles. The van der Waals surface area contributed by atoms with Gasteiger partial charge in [-0.25, -0.2) is 4.79 Å². The molecule has 1 heterocycles. The van der Waals surface area contributed by atoms with E-state index in [2.05, 4.69) is 17.0 Å². The third kappa shape index (κ3) is 3.02. The van der Waals surface area contributed by atoms with Gasteiger partial charge in [0.1, 0.15) is 12.2 Å². The maximum absolute atomic E-state index is 11.4. The highest BCUT2D eigenvalue weighted by Crippen LogP contribution is 2.37. The Hall–Kier alpha value is -2.20. The van der Waals surface area contributed by atoms with Gasteiger partial charge in [0, 0.05) is 11.6 Å². The fourth-order valence-corrected chi connectivity index (χ4v) is 2.86. The first-order valence-electron chi connectivity index (χ1n) is 7.13. The smallest absolute Gasteiger partial charge is 0.339 e. The SMILES string of the molecule is O=C(O)c1cc(Cl)cc2c1OCCN2CCc1ccccc1. The highest BCUT2D eigenvalue weighted by atomic mass is 35.5. The standard InChI is InChI=1S/C17H16ClNO3/c18-13-10-14(17(20)21)16-15(11-13)19(8-9-22-16)7-6-12-4-2-1-3-5-12/h1-5,10-11H,6-9H2,(H,20,21). The minimum absolute atomic E-state index is 0.118. The van der Waals surface area contributed by atoms with Gasteiger partial charge in [0.25, 0.3) is 0 Å². The van der Waals surface area contributed by atoms with Gasteiger partial charge in [0.05, 0.1) is 12.2 Å². The van der Waals surface area contributed by atoms with E-state index in [-0.39, 0.29) is 5.56 Å². The number of nitrogens with zero attached hydrogens (tertiary/aromatic N) is 1. The molecule has 5 heteroatoms. The molecule has 4 nitrogen and oxygen atoms in total. The normalized spacial score (nSPS) is 13.4. The van der Waals surface area contributed by atoms with Gasteiger partial charge < -0.3 is 14.7 Å². The molecule has 0 aliphatic carbocycles. The third-order valence-electron chi connectivity index (χ3n) is 3.73. The van der Waals surface area contributed by atoms with Crippen molar-refractivity contribution in [3.8, 4) is 5.75 Å². The van der Waals surface area contributed by atoms with Crippen LogP contribution in [0.5, 0.6) is 5.75 Å². The zero-order valence-corrected chi connectivity index (χ0v) is 12.7. The summed E-state index contributed by atoms with van der Waals surface area (Å²) in [6, 6.07) is 13.4. The summed E-state index contributed by atoms with van der Waals surface area (Å²) in [5, 5.41) is 9.71. The average Bonchev–Trinajstić information content (AvgIpc) is 2.53. The minimum atomic E-state index is -1.02. The Balaban J connectivity index is 1.86. The number of aromatic carboxylic acids is 1. The molecule has 0 aromatic heterocycles. The molecule has 0 bridgehead atoms. The highest BCUT2D eigenvalue weighted by Gasteiger charge is 2.24. The van der Waals surface area contributed by atoms with Crippen molar-refractivity contribution in [1.29, 1.82) is 0 Å². The van der Waals surface area contributed by atoms with Crippen LogP contribution in [0.4, 0.5) is 5.69 Å². The van der Waals surface area contributed by atoms with Gasteiger partial charge in [0.15, 0.2) is 5.75 Å². The van der Waals surface area contributed by atoms with Gasteiger partial charge in [-0.15, -0.1) is 0 Å². The van der Waals surface area contributed by atoms with E-state index >= 15 is 0 Å². The van der Waals surface area contributed by atoms with E-state index in [9.17, 15) is 9.90 Å². The summed E-state index contributed by atoms with van der Waals surface area (Å²) in [6.45, 7) is 1.99. The average molecular weight is 318 g/mol. The number of anilines is 1. The van der Waals surface area contributed by atoms with Crippen LogP contribution in [-0.4, -0.2) is 30.8 Å². The van der Waals surface area contributed by atoms with E-state index in [1.807, 2.05) is 18.2 Å². The highest BCUT2D eigenvalue weighted by molar-refractivity contribution is 6.31. The number of halogens is 1. The summed E-state index contributed by atoms with van der Waals surface area (Å²) in [4.78, 5) is 13.5. The predicted molar refractivity (Wildman–Crippen MR) is 86.3 cm³/mol. The minimum Gasteiger partial charge on any atom is -0.489 e. The molecule has 1 aliphatic rings. The van der Waals surface area contributed by atoms with Crippen molar-refractivity contribution in [2.45, 2.75) is 6.42 Å². The van der Waals surface area contributed by atoms with Gasteiger partial charge >= 0.3 is 5.97 Å². The Labute approximate surface area is 133 Å². The number of hydrogen-bond acceptors (Lipinski definition) is 3. The molecule has 0 radical (unpaired) electrons. The molecule has 0 spiro atoms. The number of hydrogen-bond donors (Lipinski definition) is 1. The Kier molecular flexibility index (Phi) is 4.20. The molecule has 3 rings (SSSR count). The maximum atomic E-state index is 11.4. The largest absolute Gasteiger partial charge is 0.489 e. The van der Waals surface area contributed by atoms with Gasteiger partial charge in [0.2, 0.25) is 0 Å². The van der Waals surface area contributed by atoms with Crippen LogP contribution in [0.3, 0.4) is 0 Å². The first-order valence-corrected chi connectivity index (χ1v) is 7.51. The van der Waals surface area contributed by atoms with Crippen molar-refractivity contribution in [2.75, 3.05) is 24.6 Å². The molecule has 1 N–H and O–H groups in total. The first-order chi connectivity index (χ1) is 10.6. The molecule has 0 atom stereocenters. The van der Waals surface area contributed by atoms with E-state index in [1.54, 1.807) is 6.07 Å². The number of ether oxygens (including phenoxy) is 1. The van der Waals surface area contributed by atoms with Gasteiger partial charge in [-0.2, -0.15) is 0 Å². The fourth-order valence-electron chi connectivity index (χ4n) is 2.64. The molecule has 0 fully saturated rings. The van der Waals surface area contributed by atoms with Crippen LogP contribution in [0.2, 0.25) is 5.02 Å².